The Bertz CT molecular complexity index is 326. The Morgan fingerprint density at radius 1 is 1.44 bits per heavy atom. The monoisotopic (exact) mass is 220 g/mol. The van der Waals surface area contributed by atoms with E-state index in [9.17, 15) is 0 Å². The molecular formula is C15H24O. The summed E-state index contributed by atoms with van der Waals surface area (Å²) in [6, 6.07) is 0. The van der Waals surface area contributed by atoms with Gasteiger partial charge in [-0.15, -0.1) is 6.58 Å². The molecule has 90 valence electrons. The molecular weight excluding hydrogens is 196 g/mol. The summed E-state index contributed by atoms with van der Waals surface area (Å²) in [4.78, 5) is 0. The summed E-state index contributed by atoms with van der Waals surface area (Å²) in [6.45, 7) is 12.8. The average Bonchev–Trinajstić information content (AvgIpc) is 2.15. The first-order valence-electron chi connectivity index (χ1n) is 6.37. The molecule has 1 nitrogen and oxygen atoms in total. The third-order valence-corrected chi connectivity index (χ3v) is 4.33. The number of hydrogen-bond acceptors (Lipinski definition) is 1. The van der Waals surface area contributed by atoms with Crippen LogP contribution in [0.15, 0.2) is 24.3 Å². The van der Waals surface area contributed by atoms with Crippen molar-refractivity contribution in [2.75, 3.05) is 0 Å². The molecule has 1 aliphatic heterocycles. The standard InChI is InChI=1S/C15H24O/c1-6-15(5)10-12-9-11(2)7-8-13(12)14(3,4)16-15/h6,9,12-13H,1,7-8,10H2,2-5H3. The van der Waals surface area contributed by atoms with E-state index in [1.165, 1.54) is 12.8 Å². The van der Waals surface area contributed by atoms with Crippen LogP contribution in [0, 0.1) is 11.8 Å². The predicted molar refractivity (Wildman–Crippen MR) is 68.4 cm³/mol. The van der Waals surface area contributed by atoms with Gasteiger partial charge in [-0.05, 0) is 58.8 Å². The van der Waals surface area contributed by atoms with Gasteiger partial charge in [0, 0.05) is 0 Å². The van der Waals surface area contributed by atoms with Gasteiger partial charge in [0.1, 0.15) is 0 Å². The smallest absolute Gasteiger partial charge is 0.0844 e. The molecule has 0 bridgehead atoms. The van der Waals surface area contributed by atoms with Crippen LogP contribution >= 0.6 is 0 Å². The van der Waals surface area contributed by atoms with Crippen molar-refractivity contribution in [3.63, 3.8) is 0 Å². The predicted octanol–water partition coefficient (Wildman–Crippen LogP) is 4.10. The van der Waals surface area contributed by atoms with E-state index in [1.807, 2.05) is 6.08 Å². The van der Waals surface area contributed by atoms with Gasteiger partial charge < -0.3 is 4.74 Å². The van der Waals surface area contributed by atoms with Gasteiger partial charge in [0.2, 0.25) is 0 Å². The summed E-state index contributed by atoms with van der Waals surface area (Å²) < 4.78 is 6.27. The molecule has 0 radical (unpaired) electrons. The van der Waals surface area contributed by atoms with E-state index >= 15 is 0 Å². The fourth-order valence-electron chi connectivity index (χ4n) is 3.54. The van der Waals surface area contributed by atoms with Gasteiger partial charge in [0.05, 0.1) is 11.2 Å². The quantitative estimate of drug-likeness (QED) is 0.604. The summed E-state index contributed by atoms with van der Waals surface area (Å²) in [5, 5.41) is 0. The Kier molecular flexibility index (Phi) is 2.78. The van der Waals surface area contributed by atoms with Crippen LogP contribution in [0.5, 0.6) is 0 Å². The van der Waals surface area contributed by atoms with Crippen molar-refractivity contribution in [2.45, 2.75) is 58.2 Å². The van der Waals surface area contributed by atoms with E-state index < -0.39 is 0 Å². The zero-order chi connectivity index (χ0) is 12.0. The van der Waals surface area contributed by atoms with Crippen molar-refractivity contribution < 1.29 is 4.74 Å². The fourth-order valence-corrected chi connectivity index (χ4v) is 3.54. The van der Waals surface area contributed by atoms with E-state index in [4.69, 9.17) is 4.74 Å². The lowest BCUT2D eigenvalue weighted by atomic mass is 9.66. The van der Waals surface area contributed by atoms with Crippen LogP contribution in [0.3, 0.4) is 0 Å². The van der Waals surface area contributed by atoms with E-state index in [-0.39, 0.29) is 11.2 Å². The Balaban J connectivity index is 2.31. The summed E-state index contributed by atoms with van der Waals surface area (Å²) in [5.74, 6) is 1.34. The topological polar surface area (TPSA) is 9.23 Å². The molecule has 2 aliphatic rings. The van der Waals surface area contributed by atoms with Crippen molar-refractivity contribution in [3.05, 3.63) is 24.3 Å². The zero-order valence-electron chi connectivity index (χ0n) is 11.0. The highest BCUT2D eigenvalue weighted by Crippen LogP contribution is 2.48. The summed E-state index contributed by atoms with van der Waals surface area (Å²) >= 11 is 0. The number of fused-ring (bicyclic) bond motifs is 1. The first-order valence-corrected chi connectivity index (χ1v) is 6.37. The van der Waals surface area contributed by atoms with Crippen LogP contribution in [0.1, 0.15) is 47.0 Å². The molecule has 2 rings (SSSR count). The molecule has 1 aliphatic carbocycles. The molecule has 1 saturated heterocycles. The normalized spacial score (nSPS) is 42.1. The highest BCUT2D eigenvalue weighted by Gasteiger charge is 2.47. The SMILES string of the molecule is C=CC1(C)CC2C=C(C)CCC2C(C)(C)O1. The Morgan fingerprint density at radius 3 is 2.75 bits per heavy atom. The van der Waals surface area contributed by atoms with Crippen LogP contribution in [-0.2, 0) is 4.74 Å². The molecule has 0 N–H and O–H groups in total. The molecule has 0 aromatic rings. The van der Waals surface area contributed by atoms with Crippen molar-refractivity contribution in [3.8, 4) is 0 Å². The number of hydrogen-bond donors (Lipinski definition) is 0. The lowest BCUT2D eigenvalue weighted by molar-refractivity contribution is -0.188. The van der Waals surface area contributed by atoms with Gasteiger partial charge >= 0.3 is 0 Å². The maximum Gasteiger partial charge on any atom is 0.0844 e. The zero-order valence-corrected chi connectivity index (χ0v) is 11.0. The second kappa shape index (κ2) is 3.73. The molecule has 3 unspecified atom stereocenters. The maximum atomic E-state index is 6.27. The average molecular weight is 220 g/mol. The Morgan fingerprint density at radius 2 is 2.12 bits per heavy atom. The van der Waals surface area contributed by atoms with Gasteiger partial charge in [0.15, 0.2) is 0 Å². The number of allylic oxidation sites excluding steroid dienone is 2. The minimum absolute atomic E-state index is 0.0247. The van der Waals surface area contributed by atoms with E-state index in [1.54, 1.807) is 5.57 Å². The second-order valence-electron chi connectivity index (χ2n) is 6.25. The van der Waals surface area contributed by atoms with Crippen LogP contribution in [-0.4, -0.2) is 11.2 Å². The van der Waals surface area contributed by atoms with Gasteiger partial charge in [-0.25, -0.2) is 0 Å². The highest BCUT2D eigenvalue weighted by atomic mass is 16.5. The van der Waals surface area contributed by atoms with Gasteiger partial charge in [-0.2, -0.15) is 0 Å². The van der Waals surface area contributed by atoms with Crippen LogP contribution < -0.4 is 0 Å². The van der Waals surface area contributed by atoms with Crippen molar-refractivity contribution >= 4 is 0 Å². The Labute approximate surface area is 99.6 Å². The first-order chi connectivity index (χ1) is 7.36. The largest absolute Gasteiger partial charge is 0.365 e. The highest BCUT2D eigenvalue weighted by molar-refractivity contribution is 5.15. The molecule has 0 amide bonds. The molecule has 0 aromatic heterocycles. The van der Waals surface area contributed by atoms with E-state index in [2.05, 4.69) is 40.3 Å². The molecule has 0 saturated carbocycles. The van der Waals surface area contributed by atoms with Gasteiger partial charge in [-0.3, -0.25) is 0 Å². The number of rotatable bonds is 1. The summed E-state index contributed by atoms with van der Waals surface area (Å²) in [6.07, 6.45) is 8.04. The summed E-state index contributed by atoms with van der Waals surface area (Å²) in [7, 11) is 0. The lowest BCUT2D eigenvalue weighted by Crippen LogP contribution is -2.52. The van der Waals surface area contributed by atoms with Gasteiger partial charge in [-0.1, -0.05) is 17.7 Å². The van der Waals surface area contributed by atoms with Crippen molar-refractivity contribution in [1.82, 2.24) is 0 Å². The first kappa shape index (κ1) is 11.9. The Hall–Kier alpha value is -0.560. The third-order valence-electron chi connectivity index (χ3n) is 4.33. The summed E-state index contributed by atoms with van der Waals surface area (Å²) in [5.41, 5.74) is 1.37. The van der Waals surface area contributed by atoms with Crippen LogP contribution in [0.25, 0.3) is 0 Å². The van der Waals surface area contributed by atoms with Crippen molar-refractivity contribution in [1.29, 1.82) is 0 Å². The van der Waals surface area contributed by atoms with E-state index in [0.717, 1.165) is 6.42 Å². The number of ether oxygens (including phenoxy) is 1. The molecule has 0 spiro atoms. The minimum Gasteiger partial charge on any atom is -0.365 e. The molecule has 3 atom stereocenters. The fraction of sp³-hybridized carbons (Fsp3) is 0.733. The third kappa shape index (κ3) is 1.98. The van der Waals surface area contributed by atoms with Crippen LogP contribution in [0.4, 0.5) is 0 Å². The molecule has 1 heterocycles. The minimum atomic E-state index is -0.154. The molecule has 1 heteroatoms. The molecule has 16 heavy (non-hydrogen) atoms. The maximum absolute atomic E-state index is 6.27. The van der Waals surface area contributed by atoms with Crippen LogP contribution in [0.2, 0.25) is 0 Å². The van der Waals surface area contributed by atoms with E-state index in [0.29, 0.717) is 11.8 Å². The second-order valence-corrected chi connectivity index (χ2v) is 6.25. The lowest BCUT2D eigenvalue weighted by Gasteiger charge is -2.52. The molecule has 1 fully saturated rings. The van der Waals surface area contributed by atoms with Gasteiger partial charge in [0.25, 0.3) is 0 Å². The molecule has 0 aromatic carbocycles. The van der Waals surface area contributed by atoms with Crippen molar-refractivity contribution in [2.24, 2.45) is 11.8 Å².